The molecule has 0 aliphatic heterocycles. The predicted octanol–water partition coefficient (Wildman–Crippen LogP) is 4.48. The lowest BCUT2D eigenvalue weighted by atomic mass is 10.0. The third-order valence-electron chi connectivity index (χ3n) is 2.95. The zero-order chi connectivity index (χ0) is 14.4. The highest BCUT2D eigenvalue weighted by molar-refractivity contribution is 6.35. The van der Waals surface area contributed by atoms with Gasteiger partial charge in [-0.3, -0.25) is 4.79 Å². The van der Waals surface area contributed by atoms with E-state index in [2.05, 4.69) is 19.2 Å². The summed E-state index contributed by atoms with van der Waals surface area (Å²) in [4.78, 5) is 11.9. The van der Waals surface area contributed by atoms with Gasteiger partial charge in [0.25, 0.3) is 0 Å². The van der Waals surface area contributed by atoms with Gasteiger partial charge < -0.3 is 5.32 Å². The van der Waals surface area contributed by atoms with Crippen LogP contribution in [0.5, 0.6) is 0 Å². The number of nitrogens with one attached hydrogen (secondary N) is 1. The van der Waals surface area contributed by atoms with Crippen LogP contribution in [0.1, 0.15) is 39.2 Å². The molecule has 1 unspecified atom stereocenters. The van der Waals surface area contributed by atoms with E-state index in [9.17, 15) is 4.79 Å². The zero-order valence-corrected chi connectivity index (χ0v) is 13.2. The van der Waals surface area contributed by atoms with Crippen molar-refractivity contribution in [1.29, 1.82) is 0 Å². The van der Waals surface area contributed by atoms with Crippen molar-refractivity contribution >= 4 is 29.1 Å². The van der Waals surface area contributed by atoms with Crippen molar-refractivity contribution in [3.05, 3.63) is 33.8 Å². The van der Waals surface area contributed by atoms with Gasteiger partial charge in [-0.05, 0) is 43.4 Å². The minimum atomic E-state index is 0.000443. The van der Waals surface area contributed by atoms with Crippen molar-refractivity contribution in [2.24, 2.45) is 5.92 Å². The first-order chi connectivity index (χ1) is 8.88. The van der Waals surface area contributed by atoms with Gasteiger partial charge in [-0.2, -0.15) is 0 Å². The van der Waals surface area contributed by atoms with Crippen LogP contribution in [0.4, 0.5) is 0 Å². The smallest absolute Gasteiger partial charge is 0.224 e. The first-order valence-electron chi connectivity index (χ1n) is 6.61. The van der Waals surface area contributed by atoms with Crippen molar-refractivity contribution in [2.75, 3.05) is 0 Å². The van der Waals surface area contributed by atoms with Crippen molar-refractivity contribution < 1.29 is 4.79 Å². The van der Waals surface area contributed by atoms with Gasteiger partial charge in [0, 0.05) is 16.1 Å². The van der Waals surface area contributed by atoms with E-state index >= 15 is 0 Å². The van der Waals surface area contributed by atoms with Gasteiger partial charge >= 0.3 is 0 Å². The van der Waals surface area contributed by atoms with Crippen LogP contribution >= 0.6 is 23.2 Å². The molecule has 1 N–H and O–H groups in total. The van der Waals surface area contributed by atoms with Crippen LogP contribution in [0, 0.1) is 5.92 Å². The lowest BCUT2D eigenvalue weighted by Gasteiger charge is -2.15. The van der Waals surface area contributed by atoms with E-state index in [-0.39, 0.29) is 11.9 Å². The third-order valence-corrected chi connectivity index (χ3v) is 3.54. The van der Waals surface area contributed by atoms with Crippen LogP contribution in [0.15, 0.2) is 18.2 Å². The topological polar surface area (TPSA) is 29.1 Å². The fourth-order valence-corrected chi connectivity index (χ4v) is 2.29. The van der Waals surface area contributed by atoms with E-state index in [1.165, 1.54) is 0 Å². The van der Waals surface area contributed by atoms with E-state index in [1.807, 2.05) is 6.92 Å². The molecule has 1 rings (SSSR count). The molecular formula is C15H21Cl2NO. The summed E-state index contributed by atoms with van der Waals surface area (Å²) >= 11 is 11.9. The molecule has 106 valence electrons. The molecule has 4 heteroatoms. The molecular weight excluding hydrogens is 281 g/mol. The summed E-state index contributed by atoms with van der Waals surface area (Å²) in [5, 5.41) is 4.12. The molecule has 0 saturated heterocycles. The van der Waals surface area contributed by atoms with Crippen LogP contribution < -0.4 is 5.32 Å². The van der Waals surface area contributed by atoms with E-state index in [0.717, 1.165) is 18.4 Å². The fraction of sp³-hybridized carbons (Fsp3) is 0.533. The molecule has 1 amide bonds. The summed E-state index contributed by atoms with van der Waals surface area (Å²) in [6, 6.07) is 5.40. The van der Waals surface area contributed by atoms with E-state index in [1.54, 1.807) is 18.2 Å². The fourth-order valence-electron chi connectivity index (χ4n) is 1.82. The lowest BCUT2D eigenvalue weighted by molar-refractivity contribution is -0.121. The van der Waals surface area contributed by atoms with Gasteiger partial charge in [0.15, 0.2) is 0 Å². The normalized spacial score (nSPS) is 12.5. The average molecular weight is 302 g/mol. The molecule has 0 aromatic heterocycles. The third kappa shape index (κ3) is 6.31. The number of carbonyl (C=O) groups is 1. The number of rotatable bonds is 6. The predicted molar refractivity (Wildman–Crippen MR) is 81.8 cm³/mol. The van der Waals surface area contributed by atoms with Gasteiger partial charge in [0.2, 0.25) is 5.91 Å². The van der Waals surface area contributed by atoms with Crippen molar-refractivity contribution in [3.63, 3.8) is 0 Å². The van der Waals surface area contributed by atoms with Crippen LogP contribution in [-0.2, 0) is 11.2 Å². The van der Waals surface area contributed by atoms with Crippen molar-refractivity contribution in [3.8, 4) is 0 Å². The second kappa shape index (κ2) is 7.76. The number of benzene rings is 1. The summed E-state index contributed by atoms with van der Waals surface area (Å²) in [6.45, 7) is 6.40. The Hall–Kier alpha value is -0.730. The molecule has 1 aromatic carbocycles. The first-order valence-corrected chi connectivity index (χ1v) is 7.37. The van der Waals surface area contributed by atoms with Gasteiger partial charge in [-0.25, -0.2) is 0 Å². The van der Waals surface area contributed by atoms with Crippen molar-refractivity contribution in [1.82, 2.24) is 5.32 Å². The highest BCUT2D eigenvalue weighted by Gasteiger charge is 2.11. The van der Waals surface area contributed by atoms with E-state index in [0.29, 0.717) is 22.4 Å². The van der Waals surface area contributed by atoms with Crippen LogP contribution in [-0.4, -0.2) is 11.9 Å². The molecule has 0 bridgehead atoms. The maximum Gasteiger partial charge on any atom is 0.224 e. The SMILES string of the molecule is CC(C)CCC(C)NC(=O)Cc1ccc(Cl)cc1Cl. The minimum Gasteiger partial charge on any atom is -0.353 e. The highest BCUT2D eigenvalue weighted by atomic mass is 35.5. The minimum absolute atomic E-state index is 0.000443. The van der Waals surface area contributed by atoms with E-state index in [4.69, 9.17) is 23.2 Å². The highest BCUT2D eigenvalue weighted by Crippen LogP contribution is 2.21. The maximum atomic E-state index is 11.9. The molecule has 1 atom stereocenters. The van der Waals surface area contributed by atoms with Crippen LogP contribution in [0.25, 0.3) is 0 Å². The molecule has 0 radical (unpaired) electrons. The molecule has 0 fully saturated rings. The number of amides is 1. The average Bonchev–Trinajstić information content (AvgIpc) is 2.30. The molecule has 0 aliphatic rings. The molecule has 2 nitrogen and oxygen atoms in total. The quantitative estimate of drug-likeness (QED) is 0.825. The second-order valence-electron chi connectivity index (χ2n) is 5.35. The van der Waals surface area contributed by atoms with Crippen LogP contribution in [0.3, 0.4) is 0 Å². The lowest BCUT2D eigenvalue weighted by Crippen LogP contribution is -2.33. The molecule has 19 heavy (non-hydrogen) atoms. The van der Waals surface area contributed by atoms with Gasteiger partial charge in [-0.1, -0.05) is 43.1 Å². The Morgan fingerprint density at radius 2 is 1.89 bits per heavy atom. The molecule has 0 saturated carbocycles. The second-order valence-corrected chi connectivity index (χ2v) is 6.20. The van der Waals surface area contributed by atoms with Gasteiger partial charge in [0.05, 0.1) is 6.42 Å². The van der Waals surface area contributed by atoms with Gasteiger partial charge in [-0.15, -0.1) is 0 Å². The molecule has 1 aromatic rings. The Kier molecular flexibility index (Phi) is 6.67. The Morgan fingerprint density at radius 1 is 1.21 bits per heavy atom. The zero-order valence-electron chi connectivity index (χ0n) is 11.7. The summed E-state index contributed by atoms with van der Waals surface area (Å²) in [5.74, 6) is 0.658. The van der Waals surface area contributed by atoms with E-state index < -0.39 is 0 Å². The summed E-state index contributed by atoms with van der Waals surface area (Å²) in [7, 11) is 0. The Labute approximate surface area is 125 Å². The monoisotopic (exact) mass is 301 g/mol. The number of hydrogen-bond acceptors (Lipinski definition) is 1. The molecule has 0 spiro atoms. The standard InChI is InChI=1S/C15H21Cl2NO/c1-10(2)4-5-11(3)18-15(19)8-12-6-7-13(16)9-14(12)17/h6-7,9-11H,4-5,8H2,1-3H3,(H,18,19). The van der Waals surface area contributed by atoms with Crippen LogP contribution in [0.2, 0.25) is 10.0 Å². The molecule has 0 heterocycles. The Balaban J connectivity index is 2.46. The number of carbonyl (C=O) groups excluding carboxylic acids is 1. The number of hydrogen-bond donors (Lipinski definition) is 1. The molecule has 0 aliphatic carbocycles. The summed E-state index contributed by atoms with van der Waals surface area (Å²) in [6.07, 6.45) is 2.41. The van der Waals surface area contributed by atoms with Crippen molar-refractivity contribution in [2.45, 2.75) is 46.1 Å². The largest absolute Gasteiger partial charge is 0.353 e. The summed E-state index contributed by atoms with van der Waals surface area (Å²) < 4.78 is 0. The Bertz CT molecular complexity index is 432. The maximum absolute atomic E-state index is 11.9. The summed E-state index contributed by atoms with van der Waals surface area (Å²) in [5.41, 5.74) is 0.805. The first kappa shape index (κ1) is 16.3. The number of halogens is 2. The Morgan fingerprint density at radius 3 is 2.47 bits per heavy atom. The van der Waals surface area contributed by atoms with Gasteiger partial charge in [0.1, 0.15) is 0 Å².